The Morgan fingerprint density at radius 1 is 1.15 bits per heavy atom. The first-order valence-corrected chi connectivity index (χ1v) is 10.9. The standard InChI is InChI=1S/C23H21ClN4O6/c24-17-9-15(3-2-13(17)8-20(30)31)26-23(34)25-10-12-1-4-16-14(7-12)11-28(22(16)33)18-5-6-19(29)27-21(18)32/h1-4,7,9,18H,5-6,8,10-11H2,(H,30,31)(H2,25,26,34)(H,27,29,32). The summed E-state index contributed by atoms with van der Waals surface area (Å²) in [7, 11) is 0. The van der Waals surface area contributed by atoms with E-state index in [4.69, 9.17) is 16.7 Å². The first kappa shape index (κ1) is 23.2. The van der Waals surface area contributed by atoms with Gasteiger partial charge >= 0.3 is 12.0 Å². The van der Waals surface area contributed by atoms with Crippen molar-refractivity contribution < 1.29 is 29.1 Å². The monoisotopic (exact) mass is 484 g/mol. The molecule has 34 heavy (non-hydrogen) atoms. The predicted octanol–water partition coefficient (Wildman–Crippen LogP) is 2.05. The largest absolute Gasteiger partial charge is 0.481 e. The lowest BCUT2D eigenvalue weighted by molar-refractivity contribution is -0.137. The Kier molecular flexibility index (Phi) is 6.51. The van der Waals surface area contributed by atoms with Gasteiger partial charge in [0, 0.05) is 35.8 Å². The fourth-order valence-corrected chi connectivity index (χ4v) is 4.27. The molecule has 4 N–H and O–H groups in total. The summed E-state index contributed by atoms with van der Waals surface area (Å²) < 4.78 is 0. The number of imide groups is 1. The lowest BCUT2D eigenvalue weighted by Gasteiger charge is -2.29. The van der Waals surface area contributed by atoms with Gasteiger partial charge in [-0.1, -0.05) is 29.8 Å². The maximum Gasteiger partial charge on any atom is 0.319 e. The maximum atomic E-state index is 12.8. The van der Waals surface area contributed by atoms with E-state index in [0.29, 0.717) is 23.2 Å². The van der Waals surface area contributed by atoms with Crippen LogP contribution in [0.1, 0.15) is 39.9 Å². The van der Waals surface area contributed by atoms with Gasteiger partial charge in [0.15, 0.2) is 0 Å². The Balaban J connectivity index is 1.35. The number of carbonyl (C=O) groups excluding carboxylic acids is 4. The van der Waals surface area contributed by atoms with Crippen LogP contribution in [-0.4, -0.2) is 45.8 Å². The third-order valence-electron chi connectivity index (χ3n) is 5.69. The molecule has 2 heterocycles. The lowest BCUT2D eigenvalue weighted by atomic mass is 10.0. The number of rotatable bonds is 6. The minimum atomic E-state index is -1.00. The molecule has 1 saturated heterocycles. The Hall–Kier alpha value is -3.92. The topological polar surface area (TPSA) is 145 Å². The van der Waals surface area contributed by atoms with Crippen LogP contribution in [0.25, 0.3) is 0 Å². The van der Waals surface area contributed by atoms with Crippen molar-refractivity contribution in [2.45, 2.75) is 38.4 Å². The van der Waals surface area contributed by atoms with Crippen molar-refractivity contribution in [3.05, 3.63) is 63.7 Å². The molecule has 5 amide bonds. The molecule has 2 aliphatic heterocycles. The molecular formula is C23H21ClN4O6. The minimum Gasteiger partial charge on any atom is -0.481 e. The van der Waals surface area contributed by atoms with Gasteiger partial charge in [-0.3, -0.25) is 24.5 Å². The van der Waals surface area contributed by atoms with E-state index in [-0.39, 0.29) is 42.8 Å². The first-order chi connectivity index (χ1) is 16.2. The van der Waals surface area contributed by atoms with Crippen molar-refractivity contribution in [2.75, 3.05) is 5.32 Å². The smallest absolute Gasteiger partial charge is 0.319 e. The number of nitrogens with one attached hydrogen (secondary N) is 3. The van der Waals surface area contributed by atoms with Gasteiger partial charge in [0.05, 0.1) is 6.42 Å². The van der Waals surface area contributed by atoms with Crippen LogP contribution < -0.4 is 16.0 Å². The number of halogens is 1. The molecule has 0 radical (unpaired) electrons. The number of piperidine rings is 1. The number of carbonyl (C=O) groups is 5. The van der Waals surface area contributed by atoms with E-state index < -0.39 is 23.9 Å². The van der Waals surface area contributed by atoms with E-state index in [0.717, 1.165) is 11.1 Å². The number of fused-ring (bicyclic) bond motifs is 1. The van der Waals surface area contributed by atoms with E-state index in [9.17, 15) is 24.0 Å². The number of hydrogen-bond donors (Lipinski definition) is 4. The molecular weight excluding hydrogens is 464 g/mol. The first-order valence-electron chi connectivity index (χ1n) is 10.5. The quantitative estimate of drug-likeness (QED) is 0.462. The number of carboxylic acid groups (broad SMARTS) is 1. The van der Waals surface area contributed by atoms with Crippen molar-refractivity contribution in [1.82, 2.24) is 15.5 Å². The molecule has 0 bridgehead atoms. The van der Waals surface area contributed by atoms with Crippen LogP contribution in [-0.2, 0) is 33.9 Å². The number of benzene rings is 2. The molecule has 2 aliphatic rings. The molecule has 0 aliphatic carbocycles. The Morgan fingerprint density at radius 2 is 1.94 bits per heavy atom. The molecule has 4 rings (SSSR count). The highest BCUT2D eigenvalue weighted by atomic mass is 35.5. The molecule has 1 fully saturated rings. The average molecular weight is 485 g/mol. The van der Waals surface area contributed by atoms with Gasteiger partial charge in [-0.2, -0.15) is 0 Å². The number of aliphatic carboxylic acids is 1. The number of amides is 5. The number of urea groups is 1. The predicted molar refractivity (Wildman–Crippen MR) is 121 cm³/mol. The fourth-order valence-electron chi connectivity index (χ4n) is 4.03. The van der Waals surface area contributed by atoms with Crippen LogP contribution in [0, 0.1) is 0 Å². The van der Waals surface area contributed by atoms with Crippen molar-refractivity contribution in [3.63, 3.8) is 0 Å². The third kappa shape index (κ3) is 5.01. The number of anilines is 1. The van der Waals surface area contributed by atoms with E-state index in [1.165, 1.54) is 17.0 Å². The van der Waals surface area contributed by atoms with Crippen LogP contribution in [0.5, 0.6) is 0 Å². The van der Waals surface area contributed by atoms with Crippen LogP contribution in [0.2, 0.25) is 5.02 Å². The normalized spacial score (nSPS) is 17.3. The highest BCUT2D eigenvalue weighted by molar-refractivity contribution is 6.31. The Labute approximate surface area is 199 Å². The highest BCUT2D eigenvalue weighted by Crippen LogP contribution is 2.28. The maximum absolute atomic E-state index is 12.8. The summed E-state index contributed by atoms with van der Waals surface area (Å²) in [6.45, 7) is 0.443. The Bertz CT molecular complexity index is 1210. The number of hydrogen-bond acceptors (Lipinski definition) is 5. The van der Waals surface area contributed by atoms with Crippen LogP contribution >= 0.6 is 11.6 Å². The van der Waals surface area contributed by atoms with Gasteiger partial charge in [0.2, 0.25) is 11.8 Å². The number of nitrogens with zero attached hydrogens (tertiary/aromatic N) is 1. The summed E-state index contributed by atoms with van der Waals surface area (Å²) in [4.78, 5) is 60.9. The molecule has 2 aromatic carbocycles. The SMILES string of the molecule is O=C(O)Cc1ccc(NC(=O)NCc2ccc3c(c2)CN(C2CCC(=O)NC2=O)C3=O)cc1Cl. The summed E-state index contributed by atoms with van der Waals surface area (Å²) in [5.74, 6) is -2.07. The van der Waals surface area contributed by atoms with Gasteiger partial charge < -0.3 is 20.6 Å². The highest BCUT2D eigenvalue weighted by Gasteiger charge is 2.39. The van der Waals surface area contributed by atoms with Crippen LogP contribution in [0.15, 0.2) is 36.4 Å². The summed E-state index contributed by atoms with van der Waals surface area (Å²) in [5, 5.41) is 16.7. The van der Waals surface area contributed by atoms with Crippen molar-refractivity contribution in [2.24, 2.45) is 0 Å². The molecule has 0 aromatic heterocycles. The second kappa shape index (κ2) is 9.52. The van der Waals surface area contributed by atoms with Crippen molar-refractivity contribution in [1.29, 1.82) is 0 Å². The van der Waals surface area contributed by atoms with Gasteiger partial charge in [-0.05, 0) is 41.3 Å². The molecule has 10 nitrogen and oxygen atoms in total. The van der Waals surface area contributed by atoms with Gasteiger partial charge in [-0.15, -0.1) is 0 Å². The van der Waals surface area contributed by atoms with Crippen LogP contribution in [0.4, 0.5) is 10.5 Å². The second-order valence-corrected chi connectivity index (χ2v) is 8.48. The van der Waals surface area contributed by atoms with E-state index >= 15 is 0 Å². The van der Waals surface area contributed by atoms with Crippen molar-refractivity contribution in [3.8, 4) is 0 Å². The summed E-state index contributed by atoms with van der Waals surface area (Å²) in [6, 6.07) is 8.61. The zero-order valence-corrected chi connectivity index (χ0v) is 18.6. The lowest BCUT2D eigenvalue weighted by Crippen LogP contribution is -2.52. The number of carboxylic acids is 1. The molecule has 0 saturated carbocycles. The Morgan fingerprint density at radius 3 is 2.65 bits per heavy atom. The second-order valence-electron chi connectivity index (χ2n) is 8.08. The van der Waals surface area contributed by atoms with Crippen molar-refractivity contribution >= 4 is 47.0 Å². The molecule has 0 spiro atoms. The molecule has 1 unspecified atom stereocenters. The van der Waals surface area contributed by atoms with E-state index in [2.05, 4.69) is 16.0 Å². The van der Waals surface area contributed by atoms with E-state index in [1.807, 2.05) is 0 Å². The summed E-state index contributed by atoms with van der Waals surface area (Å²) in [5.41, 5.74) is 2.86. The zero-order chi connectivity index (χ0) is 24.4. The molecule has 1 atom stereocenters. The van der Waals surface area contributed by atoms with Gasteiger partial charge in [-0.25, -0.2) is 4.79 Å². The third-order valence-corrected chi connectivity index (χ3v) is 6.05. The summed E-state index contributed by atoms with van der Waals surface area (Å²) >= 11 is 6.07. The molecule has 176 valence electrons. The van der Waals surface area contributed by atoms with Crippen LogP contribution in [0.3, 0.4) is 0 Å². The minimum absolute atomic E-state index is 0.189. The van der Waals surface area contributed by atoms with E-state index in [1.54, 1.807) is 24.3 Å². The fraction of sp³-hybridized carbons (Fsp3) is 0.261. The zero-order valence-electron chi connectivity index (χ0n) is 17.9. The van der Waals surface area contributed by atoms with Gasteiger partial charge in [0.25, 0.3) is 5.91 Å². The molecule has 11 heteroatoms. The molecule has 2 aromatic rings. The summed E-state index contributed by atoms with van der Waals surface area (Å²) in [6.07, 6.45) is 0.266. The van der Waals surface area contributed by atoms with Gasteiger partial charge in [0.1, 0.15) is 6.04 Å². The average Bonchev–Trinajstić information content (AvgIpc) is 3.09.